The third kappa shape index (κ3) is 2.57. The summed E-state index contributed by atoms with van der Waals surface area (Å²) in [5.74, 6) is -1.17. The van der Waals surface area contributed by atoms with E-state index in [4.69, 9.17) is 4.74 Å². The van der Waals surface area contributed by atoms with Crippen LogP contribution in [0.2, 0.25) is 0 Å². The van der Waals surface area contributed by atoms with Crippen molar-refractivity contribution in [3.63, 3.8) is 0 Å². The molecule has 2 heterocycles. The summed E-state index contributed by atoms with van der Waals surface area (Å²) in [7, 11) is 1.64. The number of hydrogen-bond acceptors (Lipinski definition) is 3. The molecule has 128 valence electrons. The number of aliphatic carboxylic acids is 1. The first-order valence-corrected chi connectivity index (χ1v) is 8.11. The molecule has 0 spiro atoms. The van der Waals surface area contributed by atoms with E-state index in [0.717, 1.165) is 10.9 Å². The van der Waals surface area contributed by atoms with Crippen molar-refractivity contribution < 1.29 is 19.4 Å². The second kappa shape index (κ2) is 6.28. The van der Waals surface area contributed by atoms with Crippen LogP contribution in [0.25, 0.3) is 10.9 Å². The minimum Gasteiger partial charge on any atom is -0.480 e. The van der Waals surface area contributed by atoms with Crippen LogP contribution in [0, 0.1) is 0 Å². The molecule has 2 aromatic rings. The fourth-order valence-corrected chi connectivity index (χ4v) is 3.45. The molecule has 0 saturated carbocycles. The molecule has 6 nitrogen and oxygen atoms in total. The van der Waals surface area contributed by atoms with Gasteiger partial charge in [0, 0.05) is 37.3 Å². The summed E-state index contributed by atoms with van der Waals surface area (Å²) < 4.78 is 7.12. The molecule has 1 aliphatic heterocycles. The second-order valence-electron chi connectivity index (χ2n) is 6.39. The molecular formula is C18H22N2O4. The van der Waals surface area contributed by atoms with Crippen LogP contribution >= 0.6 is 0 Å². The SMILES string of the molecule is COCCn1cc(C(=O)N2CCCC2(C)C(=O)O)c2ccccc21. The number of carbonyl (C=O) groups is 2. The Morgan fingerprint density at radius 3 is 2.79 bits per heavy atom. The van der Waals surface area contributed by atoms with Gasteiger partial charge >= 0.3 is 5.97 Å². The Hall–Kier alpha value is -2.34. The molecule has 1 amide bonds. The average molecular weight is 330 g/mol. The van der Waals surface area contributed by atoms with Crippen LogP contribution in [0.1, 0.15) is 30.1 Å². The summed E-state index contributed by atoms with van der Waals surface area (Å²) in [6.45, 7) is 3.28. The van der Waals surface area contributed by atoms with Gasteiger partial charge in [0.2, 0.25) is 0 Å². The van der Waals surface area contributed by atoms with E-state index in [9.17, 15) is 14.7 Å². The first kappa shape index (κ1) is 16.5. The van der Waals surface area contributed by atoms with Crippen LogP contribution in [-0.2, 0) is 16.1 Å². The van der Waals surface area contributed by atoms with Gasteiger partial charge in [-0.05, 0) is 25.8 Å². The Morgan fingerprint density at radius 1 is 1.33 bits per heavy atom. The van der Waals surface area contributed by atoms with Crippen molar-refractivity contribution in [1.82, 2.24) is 9.47 Å². The monoisotopic (exact) mass is 330 g/mol. The topological polar surface area (TPSA) is 71.8 Å². The number of carboxylic acids is 1. The molecule has 1 N–H and O–H groups in total. The summed E-state index contributed by atoms with van der Waals surface area (Å²) in [6, 6.07) is 7.68. The van der Waals surface area contributed by atoms with Crippen LogP contribution in [0.5, 0.6) is 0 Å². The maximum atomic E-state index is 13.1. The number of ether oxygens (including phenoxy) is 1. The summed E-state index contributed by atoms with van der Waals surface area (Å²) >= 11 is 0. The van der Waals surface area contributed by atoms with Gasteiger partial charge in [-0.25, -0.2) is 4.79 Å². The van der Waals surface area contributed by atoms with Crippen molar-refractivity contribution in [2.24, 2.45) is 0 Å². The van der Waals surface area contributed by atoms with Crippen LogP contribution in [0.3, 0.4) is 0 Å². The highest BCUT2D eigenvalue weighted by atomic mass is 16.5. The number of likely N-dealkylation sites (tertiary alicyclic amines) is 1. The number of fused-ring (bicyclic) bond motifs is 1. The Bertz CT molecular complexity index is 782. The quantitative estimate of drug-likeness (QED) is 0.913. The molecule has 1 unspecified atom stereocenters. The molecule has 0 bridgehead atoms. The van der Waals surface area contributed by atoms with Gasteiger partial charge in [-0.15, -0.1) is 0 Å². The molecular weight excluding hydrogens is 308 g/mol. The normalized spacial score (nSPS) is 20.7. The number of aromatic nitrogens is 1. The molecule has 1 fully saturated rings. The maximum absolute atomic E-state index is 13.1. The molecule has 0 aliphatic carbocycles. The highest BCUT2D eigenvalue weighted by Gasteiger charge is 2.46. The molecule has 1 saturated heterocycles. The average Bonchev–Trinajstić information content (AvgIpc) is 3.14. The van der Waals surface area contributed by atoms with Gasteiger partial charge < -0.3 is 19.3 Å². The van der Waals surface area contributed by atoms with Gasteiger partial charge in [-0.3, -0.25) is 4.79 Å². The van der Waals surface area contributed by atoms with Gasteiger partial charge in [0.1, 0.15) is 5.54 Å². The van der Waals surface area contributed by atoms with E-state index in [0.29, 0.717) is 38.1 Å². The lowest BCUT2D eigenvalue weighted by molar-refractivity contribution is -0.147. The summed E-state index contributed by atoms with van der Waals surface area (Å²) in [5, 5.41) is 10.4. The predicted molar refractivity (Wildman–Crippen MR) is 90.1 cm³/mol. The van der Waals surface area contributed by atoms with Crippen LogP contribution < -0.4 is 0 Å². The number of rotatable bonds is 5. The Labute approximate surface area is 140 Å². The molecule has 1 aliphatic rings. The van der Waals surface area contributed by atoms with Crippen molar-refractivity contribution in [2.75, 3.05) is 20.3 Å². The fraction of sp³-hybridized carbons (Fsp3) is 0.444. The second-order valence-corrected chi connectivity index (χ2v) is 6.39. The first-order valence-electron chi connectivity index (χ1n) is 8.11. The van der Waals surface area contributed by atoms with E-state index >= 15 is 0 Å². The lowest BCUT2D eigenvalue weighted by Gasteiger charge is -2.31. The van der Waals surface area contributed by atoms with Gasteiger partial charge in [0.05, 0.1) is 12.2 Å². The van der Waals surface area contributed by atoms with Crippen molar-refractivity contribution in [2.45, 2.75) is 31.8 Å². The van der Waals surface area contributed by atoms with E-state index < -0.39 is 11.5 Å². The van der Waals surface area contributed by atoms with Gasteiger partial charge in [-0.1, -0.05) is 18.2 Å². The van der Waals surface area contributed by atoms with Crippen molar-refractivity contribution in [3.8, 4) is 0 Å². The zero-order valence-electron chi connectivity index (χ0n) is 14.0. The number of methoxy groups -OCH3 is 1. The lowest BCUT2D eigenvalue weighted by Crippen LogP contribution is -2.50. The molecule has 1 atom stereocenters. The zero-order chi connectivity index (χ0) is 17.3. The Morgan fingerprint density at radius 2 is 2.08 bits per heavy atom. The Kier molecular flexibility index (Phi) is 4.32. The smallest absolute Gasteiger partial charge is 0.329 e. The fourth-order valence-electron chi connectivity index (χ4n) is 3.45. The minimum atomic E-state index is -1.13. The first-order chi connectivity index (χ1) is 11.5. The van der Waals surface area contributed by atoms with E-state index in [2.05, 4.69) is 0 Å². The van der Waals surface area contributed by atoms with Crippen molar-refractivity contribution in [3.05, 3.63) is 36.0 Å². The van der Waals surface area contributed by atoms with Crippen molar-refractivity contribution in [1.29, 1.82) is 0 Å². The molecule has 0 radical (unpaired) electrons. The molecule has 3 rings (SSSR count). The van der Waals surface area contributed by atoms with Crippen LogP contribution in [-0.4, -0.2) is 52.3 Å². The Balaban J connectivity index is 2.03. The number of carboxylic acid groups (broad SMARTS) is 1. The number of nitrogens with zero attached hydrogens (tertiary/aromatic N) is 2. The number of carbonyl (C=O) groups excluding carboxylic acids is 1. The number of para-hydroxylation sites is 1. The molecule has 24 heavy (non-hydrogen) atoms. The molecule has 1 aromatic carbocycles. The van der Waals surface area contributed by atoms with E-state index in [1.54, 1.807) is 14.0 Å². The summed E-state index contributed by atoms with van der Waals surface area (Å²) in [4.78, 5) is 26.2. The zero-order valence-corrected chi connectivity index (χ0v) is 14.0. The highest BCUT2D eigenvalue weighted by molar-refractivity contribution is 6.08. The number of amides is 1. The molecule has 1 aromatic heterocycles. The van der Waals surface area contributed by atoms with Gasteiger partial charge in [0.15, 0.2) is 0 Å². The van der Waals surface area contributed by atoms with E-state index in [1.165, 1.54) is 4.90 Å². The van der Waals surface area contributed by atoms with Gasteiger partial charge in [0.25, 0.3) is 5.91 Å². The van der Waals surface area contributed by atoms with Crippen LogP contribution in [0.4, 0.5) is 0 Å². The maximum Gasteiger partial charge on any atom is 0.329 e. The summed E-state index contributed by atoms with van der Waals surface area (Å²) in [5.41, 5.74) is 0.373. The highest BCUT2D eigenvalue weighted by Crippen LogP contribution is 2.32. The third-order valence-corrected chi connectivity index (χ3v) is 4.90. The third-order valence-electron chi connectivity index (χ3n) is 4.90. The molecule has 6 heteroatoms. The lowest BCUT2D eigenvalue weighted by atomic mass is 9.98. The number of benzene rings is 1. The predicted octanol–water partition coefficient (Wildman–Crippen LogP) is 2.37. The van der Waals surface area contributed by atoms with Gasteiger partial charge in [-0.2, -0.15) is 0 Å². The summed E-state index contributed by atoms with van der Waals surface area (Å²) in [6.07, 6.45) is 3.00. The van der Waals surface area contributed by atoms with E-state index in [1.807, 2.05) is 35.0 Å². The minimum absolute atomic E-state index is 0.218. The van der Waals surface area contributed by atoms with Crippen LogP contribution in [0.15, 0.2) is 30.5 Å². The number of hydrogen-bond donors (Lipinski definition) is 1. The van der Waals surface area contributed by atoms with E-state index in [-0.39, 0.29) is 5.91 Å². The van der Waals surface area contributed by atoms with Crippen molar-refractivity contribution >= 4 is 22.8 Å². The standard InChI is InChI=1S/C18H22N2O4/c1-18(17(22)23)8-5-9-20(18)16(21)14-12-19(10-11-24-2)15-7-4-3-6-13(14)15/h3-4,6-7,12H,5,8-11H2,1-2H3,(H,22,23). The largest absolute Gasteiger partial charge is 0.480 e.